The lowest BCUT2D eigenvalue weighted by Crippen LogP contribution is -2.38. The minimum absolute atomic E-state index is 0.0342. The molecule has 0 radical (unpaired) electrons. The fourth-order valence-electron chi connectivity index (χ4n) is 4.39. The molecule has 9 heteroatoms. The van der Waals surface area contributed by atoms with E-state index in [1.54, 1.807) is 49.5 Å². The number of nitrogens with two attached hydrogens (primary N) is 1. The van der Waals surface area contributed by atoms with E-state index in [1.807, 2.05) is 6.07 Å². The molecule has 0 bridgehead atoms. The van der Waals surface area contributed by atoms with Crippen molar-refractivity contribution >= 4 is 23.5 Å². The van der Waals surface area contributed by atoms with E-state index in [9.17, 15) is 19.1 Å². The van der Waals surface area contributed by atoms with Gasteiger partial charge in [0.1, 0.15) is 29.2 Å². The molecule has 3 heterocycles. The maximum absolute atomic E-state index is 14.2. The van der Waals surface area contributed by atoms with Crippen LogP contribution >= 0.6 is 0 Å². The molecule has 1 atom stereocenters. The number of benzene rings is 2. The van der Waals surface area contributed by atoms with Crippen molar-refractivity contribution in [1.29, 1.82) is 0 Å². The van der Waals surface area contributed by atoms with E-state index in [2.05, 4.69) is 27.1 Å². The highest BCUT2D eigenvalue weighted by atomic mass is 19.1. The highest BCUT2D eigenvalue weighted by Crippen LogP contribution is 2.37. The van der Waals surface area contributed by atoms with Crippen molar-refractivity contribution in [3.8, 4) is 17.6 Å². The average molecular weight is 508 g/mol. The van der Waals surface area contributed by atoms with Crippen LogP contribution in [0.4, 0.5) is 16.0 Å². The Morgan fingerprint density at radius 3 is 2.71 bits per heavy atom. The quantitative estimate of drug-likeness (QED) is 0.360. The number of carbonyl (C=O) groups is 2. The monoisotopic (exact) mass is 507 g/mol. The number of aromatic nitrogens is 2. The second-order valence-corrected chi connectivity index (χ2v) is 8.74. The Labute approximate surface area is 218 Å². The predicted octanol–water partition coefficient (Wildman–Crippen LogP) is 3.95. The lowest BCUT2D eigenvalue weighted by Gasteiger charge is -2.27. The van der Waals surface area contributed by atoms with Gasteiger partial charge in [-0.1, -0.05) is 24.0 Å². The van der Waals surface area contributed by atoms with E-state index in [0.29, 0.717) is 33.6 Å². The van der Waals surface area contributed by atoms with E-state index in [-0.39, 0.29) is 23.7 Å². The zero-order valence-corrected chi connectivity index (χ0v) is 20.3. The third-order valence-electron chi connectivity index (χ3n) is 6.25. The summed E-state index contributed by atoms with van der Waals surface area (Å²) in [7, 11) is 0. The van der Waals surface area contributed by atoms with Crippen LogP contribution < -0.4 is 11.1 Å². The van der Waals surface area contributed by atoms with Gasteiger partial charge in [-0.25, -0.2) is 14.4 Å². The third-order valence-corrected chi connectivity index (χ3v) is 6.25. The maximum Gasteiger partial charge on any atom is 0.255 e. The second kappa shape index (κ2) is 10.0. The van der Waals surface area contributed by atoms with Crippen LogP contribution in [0.3, 0.4) is 0 Å². The zero-order valence-electron chi connectivity index (χ0n) is 20.3. The molecule has 1 aliphatic rings. The number of phenolic OH excluding ortho intramolecular Hbond substituents is 1. The van der Waals surface area contributed by atoms with Gasteiger partial charge in [-0.15, -0.1) is 0 Å². The highest BCUT2D eigenvalue weighted by Gasteiger charge is 2.40. The topological polar surface area (TPSA) is 121 Å². The molecule has 188 valence electrons. The fraction of sp³-hybridized carbons (Fsp3) is 0.103. The predicted molar refractivity (Wildman–Crippen MR) is 139 cm³/mol. The molecule has 2 aromatic carbocycles. The van der Waals surface area contributed by atoms with Crippen molar-refractivity contribution in [2.24, 2.45) is 0 Å². The van der Waals surface area contributed by atoms with Crippen LogP contribution in [0.25, 0.3) is 0 Å². The summed E-state index contributed by atoms with van der Waals surface area (Å²) in [6, 6.07) is 14.0. The van der Waals surface area contributed by atoms with Crippen LogP contribution in [0, 0.1) is 24.6 Å². The first-order valence-electron chi connectivity index (χ1n) is 11.7. The van der Waals surface area contributed by atoms with Gasteiger partial charge in [0.25, 0.3) is 11.8 Å². The second-order valence-electron chi connectivity index (χ2n) is 8.74. The Morgan fingerprint density at radius 2 is 1.97 bits per heavy atom. The number of amides is 2. The van der Waals surface area contributed by atoms with Gasteiger partial charge in [0.05, 0.1) is 0 Å². The van der Waals surface area contributed by atoms with Crippen molar-refractivity contribution in [3.05, 3.63) is 112 Å². The number of carbonyl (C=O) groups excluding carboxylic acids is 2. The van der Waals surface area contributed by atoms with Gasteiger partial charge in [0.2, 0.25) is 0 Å². The smallest absolute Gasteiger partial charge is 0.255 e. The van der Waals surface area contributed by atoms with Gasteiger partial charge in [-0.05, 0) is 66.6 Å². The third kappa shape index (κ3) is 4.75. The first-order chi connectivity index (χ1) is 18.3. The lowest BCUT2D eigenvalue weighted by atomic mass is 9.98. The number of pyridine rings is 2. The Bertz CT molecular complexity index is 1610. The number of nitrogens with one attached hydrogen (secondary N) is 1. The number of nitrogens with zero attached hydrogens (tertiary/aromatic N) is 3. The van der Waals surface area contributed by atoms with Crippen molar-refractivity contribution < 1.29 is 19.1 Å². The molecule has 0 saturated heterocycles. The van der Waals surface area contributed by atoms with Crippen molar-refractivity contribution in [3.63, 3.8) is 0 Å². The summed E-state index contributed by atoms with van der Waals surface area (Å²) in [5, 5.41) is 13.2. The van der Waals surface area contributed by atoms with Crippen LogP contribution in [-0.2, 0) is 11.3 Å². The van der Waals surface area contributed by atoms with E-state index in [4.69, 9.17) is 5.73 Å². The molecule has 4 N–H and O–H groups in total. The summed E-state index contributed by atoms with van der Waals surface area (Å²) in [5.74, 6) is 4.70. The van der Waals surface area contributed by atoms with Gasteiger partial charge in [0.15, 0.2) is 0 Å². The molecule has 5 rings (SSSR count). The maximum atomic E-state index is 14.2. The molecule has 0 saturated carbocycles. The number of hydrogen-bond acceptors (Lipinski definition) is 6. The van der Waals surface area contributed by atoms with E-state index < -0.39 is 23.7 Å². The molecule has 1 aliphatic heterocycles. The molecule has 0 fully saturated rings. The highest BCUT2D eigenvalue weighted by molar-refractivity contribution is 6.05. The number of halogens is 1. The summed E-state index contributed by atoms with van der Waals surface area (Å²) in [5.41, 5.74) is 8.66. The Balaban J connectivity index is 1.51. The van der Waals surface area contributed by atoms with Crippen molar-refractivity contribution in [1.82, 2.24) is 14.9 Å². The number of aromatic hydroxyl groups is 1. The molecule has 2 amide bonds. The van der Waals surface area contributed by atoms with Crippen molar-refractivity contribution in [2.45, 2.75) is 19.5 Å². The fourth-order valence-corrected chi connectivity index (χ4v) is 4.39. The first kappa shape index (κ1) is 24.5. The largest absolute Gasteiger partial charge is 0.508 e. The summed E-state index contributed by atoms with van der Waals surface area (Å²) >= 11 is 0. The Kier molecular flexibility index (Phi) is 6.46. The van der Waals surface area contributed by atoms with Crippen molar-refractivity contribution in [2.75, 3.05) is 11.1 Å². The minimum Gasteiger partial charge on any atom is -0.508 e. The van der Waals surface area contributed by atoms with E-state index >= 15 is 0 Å². The van der Waals surface area contributed by atoms with Gasteiger partial charge < -0.3 is 21.1 Å². The van der Waals surface area contributed by atoms with E-state index in [1.165, 1.54) is 11.1 Å². The van der Waals surface area contributed by atoms with Gasteiger partial charge in [-0.2, -0.15) is 0 Å². The molecule has 0 aliphatic carbocycles. The molecular weight excluding hydrogens is 485 g/mol. The molecular formula is C29H22FN5O3. The Hall–Kier alpha value is -5.23. The van der Waals surface area contributed by atoms with Gasteiger partial charge >= 0.3 is 0 Å². The molecule has 4 aromatic rings. The molecule has 38 heavy (non-hydrogen) atoms. The molecule has 8 nitrogen and oxygen atoms in total. The van der Waals surface area contributed by atoms with Crippen LogP contribution in [-0.4, -0.2) is 31.8 Å². The van der Waals surface area contributed by atoms with Gasteiger partial charge in [0, 0.05) is 41.2 Å². The van der Waals surface area contributed by atoms with E-state index in [0.717, 1.165) is 18.2 Å². The molecule has 0 spiro atoms. The molecule has 1 unspecified atom stereocenters. The Morgan fingerprint density at radius 1 is 1.13 bits per heavy atom. The first-order valence-corrected chi connectivity index (χ1v) is 11.7. The number of anilines is 2. The standard InChI is InChI=1S/C29H22FN5O3/c1-17-19(7-5-18-6-12-24(31)33-15-18)8-9-20-16-35(29(38)26(17)20)27(22-14-21(30)10-11-23(22)36)28(37)34-25-4-2-3-13-32-25/h2-4,6,8-15,27,36H,16H2,1H3,(H2,31,33)(H,32,34,37). The number of hydrogen-bond donors (Lipinski definition) is 3. The normalized spacial score (nSPS) is 12.9. The van der Waals surface area contributed by atoms with Crippen LogP contribution in [0.5, 0.6) is 5.75 Å². The average Bonchev–Trinajstić information content (AvgIpc) is 3.24. The van der Waals surface area contributed by atoms with Gasteiger partial charge in [-0.3, -0.25) is 9.59 Å². The minimum atomic E-state index is -1.32. The zero-order chi connectivity index (χ0) is 26.8. The van der Waals surface area contributed by atoms with Crippen LogP contribution in [0.2, 0.25) is 0 Å². The summed E-state index contributed by atoms with van der Waals surface area (Å²) < 4.78 is 14.2. The lowest BCUT2D eigenvalue weighted by molar-refractivity contribution is -0.120. The summed E-state index contributed by atoms with van der Waals surface area (Å²) in [6.07, 6.45) is 3.07. The SMILES string of the molecule is Cc1c(C#Cc2ccc(N)nc2)ccc2c1C(=O)N(C(C(=O)Nc1ccccn1)c1cc(F)ccc1O)C2. The summed E-state index contributed by atoms with van der Waals surface area (Å²) in [4.78, 5) is 36.6. The number of fused-ring (bicyclic) bond motifs is 1. The number of phenols is 1. The number of rotatable bonds is 4. The molecule has 2 aromatic heterocycles. The summed E-state index contributed by atoms with van der Waals surface area (Å²) in [6.45, 7) is 1.87. The van der Waals surface area contributed by atoms with Crippen LogP contribution in [0.1, 0.15) is 44.2 Å². The van der Waals surface area contributed by atoms with Crippen LogP contribution in [0.15, 0.2) is 73.1 Å². The number of nitrogen functional groups attached to an aromatic ring is 1.